The molecular weight excluding hydrogens is 140 g/mol. The number of hydrazine groups is 1. The van der Waals surface area contributed by atoms with Gasteiger partial charge in [-0.15, -0.1) is 0 Å². The third-order valence-electron chi connectivity index (χ3n) is 2.84. The first-order chi connectivity index (χ1) is 5.25. The first kappa shape index (κ1) is 7.53. The van der Waals surface area contributed by atoms with Crippen molar-refractivity contribution in [3.05, 3.63) is 0 Å². The molecule has 3 nitrogen and oxygen atoms in total. The van der Waals surface area contributed by atoms with E-state index in [9.17, 15) is 0 Å². The van der Waals surface area contributed by atoms with E-state index < -0.39 is 0 Å². The van der Waals surface area contributed by atoms with E-state index in [1.165, 1.54) is 12.8 Å². The number of hydrogen-bond acceptors (Lipinski definition) is 3. The van der Waals surface area contributed by atoms with Crippen molar-refractivity contribution in [2.24, 2.45) is 5.84 Å². The minimum Gasteiger partial charge on any atom is -0.375 e. The summed E-state index contributed by atoms with van der Waals surface area (Å²) in [6.07, 6.45) is 5.76. The molecule has 2 saturated heterocycles. The van der Waals surface area contributed by atoms with Gasteiger partial charge in [0.1, 0.15) is 0 Å². The van der Waals surface area contributed by atoms with Crippen molar-refractivity contribution in [3.8, 4) is 0 Å². The summed E-state index contributed by atoms with van der Waals surface area (Å²) >= 11 is 0. The van der Waals surface area contributed by atoms with Crippen LogP contribution in [-0.2, 0) is 4.74 Å². The van der Waals surface area contributed by atoms with E-state index in [-0.39, 0.29) is 0 Å². The van der Waals surface area contributed by atoms with Crippen LogP contribution in [0.4, 0.5) is 0 Å². The molecule has 0 aliphatic carbocycles. The van der Waals surface area contributed by atoms with Gasteiger partial charge >= 0.3 is 0 Å². The molecule has 1 unspecified atom stereocenters. The van der Waals surface area contributed by atoms with Gasteiger partial charge < -0.3 is 4.74 Å². The quantitative estimate of drug-likeness (QED) is 0.444. The van der Waals surface area contributed by atoms with Crippen LogP contribution in [0.25, 0.3) is 0 Å². The van der Waals surface area contributed by atoms with E-state index in [4.69, 9.17) is 10.6 Å². The van der Waals surface area contributed by atoms with Crippen LogP contribution in [0.5, 0.6) is 0 Å². The van der Waals surface area contributed by atoms with Gasteiger partial charge in [-0.2, -0.15) is 0 Å². The fourth-order valence-electron chi connectivity index (χ4n) is 2.16. The van der Waals surface area contributed by atoms with Gasteiger partial charge in [0.05, 0.1) is 12.2 Å². The average Bonchev–Trinajstić information content (AvgIpc) is 2.30. The summed E-state index contributed by atoms with van der Waals surface area (Å²) in [5.41, 5.74) is 0. The highest BCUT2D eigenvalue weighted by Gasteiger charge is 2.35. The maximum atomic E-state index is 5.70. The topological polar surface area (TPSA) is 38.5 Å². The van der Waals surface area contributed by atoms with E-state index >= 15 is 0 Å². The number of fused-ring (bicyclic) bond motifs is 2. The van der Waals surface area contributed by atoms with Gasteiger partial charge in [0, 0.05) is 13.1 Å². The Morgan fingerprint density at radius 2 is 1.82 bits per heavy atom. The van der Waals surface area contributed by atoms with Crippen LogP contribution < -0.4 is 5.84 Å². The van der Waals surface area contributed by atoms with E-state index in [0.717, 1.165) is 12.8 Å². The predicted octanol–water partition coefficient (Wildman–Crippen LogP) is 0.502. The van der Waals surface area contributed by atoms with Crippen LogP contribution >= 0.6 is 0 Å². The monoisotopic (exact) mass is 156 g/mol. The molecule has 2 aliphatic heterocycles. The highest BCUT2D eigenvalue weighted by Crippen LogP contribution is 2.33. The fourth-order valence-corrected chi connectivity index (χ4v) is 2.16. The van der Waals surface area contributed by atoms with E-state index in [1.807, 2.05) is 12.1 Å². The third kappa shape index (κ3) is 1.41. The molecule has 0 radical (unpaired) electrons. The summed E-state index contributed by atoms with van der Waals surface area (Å²) in [5.74, 6) is 5.70. The normalized spacial score (nSPS) is 43.4. The van der Waals surface area contributed by atoms with E-state index in [2.05, 4.69) is 0 Å². The largest absolute Gasteiger partial charge is 0.375 e. The van der Waals surface area contributed by atoms with Crippen molar-refractivity contribution >= 4 is 0 Å². The van der Waals surface area contributed by atoms with Crippen molar-refractivity contribution in [2.45, 2.75) is 43.9 Å². The lowest BCUT2D eigenvalue weighted by atomic mass is 10.0. The van der Waals surface area contributed by atoms with Gasteiger partial charge in [0.15, 0.2) is 0 Å². The first-order valence-corrected chi connectivity index (χ1v) is 4.38. The molecular formula is C8H16N2O. The summed E-state index contributed by atoms with van der Waals surface area (Å²) in [4.78, 5) is 0. The zero-order valence-corrected chi connectivity index (χ0v) is 6.99. The number of nitrogens with zero attached hydrogens (tertiary/aromatic N) is 1. The highest BCUT2D eigenvalue weighted by molar-refractivity contribution is 4.87. The van der Waals surface area contributed by atoms with Crippen LogP contribution in [0.3, 0.4) is 0 Å². The molecule has 2 N–H and O–H groups in total. The molecule has 0 aromatic carbocycles. The molecule has 2 fully saturated rings. The Labute approximate surface area is 67.5 Å². The number of nitrogens with two attached hydrogens (primary N) is 1. The maximum absolute atomic E-state index is 5.70. The van der Waals surface area contributed by atoms with Gasteiger partial charge in [-0.25, -0.2) is 5.01 Å². The first-order valence-electron chi connectivity index (χ1n) is 4.38. The lowest BCUT2D eigenvalue weighted by Gasteiger charge is -2.32. The van der Waals surface area contributed by atoms with Gasteiger partial charge in [0.2, 0.25) is 0 Å². The van der Waals surface area contributed by atoms with Gasteiger partial charge in [-0.1, -0.05) is 0 Å². The van der Waals surface area contributed by atoms with Gasteiger partial charge in [-0.05, 0) is 25.7 Å². The molecule has 2 aliphatic rings. The lowest BCUT2D eigenvalue weighted by Crippen LogP contribution is -2.43. The second-order valence-corrected chi connectivity index (χ2v) is 3.75. The van der Waals surface area contributed by atoms with Crippen molar-refractivity contribution < 1.29 is 4.74 Å². The van der Waals surface area contributed by atoms with Crippen LogP contribution in [0.15, 0.2) is 0 Å². The molecule has 3 heteroatoms. The second kappa shape index (κ2) is 2.73. The molecule has 0 spiro atoms. The SMILES string of the molecule is CN(N)C1C[C@H]2CC[C@@H](C1)O2. The van der Waals surface area contributed by atoms with E-state index in [1.54, 1.807) is 0 Å². The summed E-state index contributed by atoms with van der Waals surface area (Å²) in [6.45, 7) is 0. The van der Waals surface area contributed by atoms with Crippen molar-refractivity contribution in [3.63, 3.8) is 0 Å². The Morgan fingerprint density at radius 3 is 2.27 bits per heavy atom. The van der Waals surface area contributed by atoms with Crippen molar-refractivity contribution in [1.82, 2.24) is 5.01 Å². The molecule has 2 rings (SSSR count). The average molecular weight is 156 g/mol. The number of hydrogen-bond donors (Lipinski definition) is 1. The smallest absolute Gasteiger partial charge is 0.0595 e. The summed E-state index contributed by atoms with van der Waals surface area (Å²) in [7, 11) is 1.95. The molecule has 0 aromatic heterocycles. The maximum Gasteiger partial charge on any atom is 0.0595 e. The molecule has 3 atom stereocenters. The predicted molar refractivity (Wildman–Crippen MR) is 42.9 cm³/mol. The van der Waals surface area contributed by atoms with Gasteiger partial charge in [0.25, 0.3) is 0 Å². The summed E-state index contributed by atoms with van der Waals surface area (Å²) in [5, 5.41) is 1.84. The lowest BCUT2D eigenvalue weighted by molar-refractivity contribution is -0.0316. The molecule has 2 heterocycles. The Balaban J connectivity index is 1.97. The van der Waals surface area contributed by atoms with Crippen molar-refractivity contribution in [1.29, 1.82) is 0 Å². The summed E-state index contributed by atoms with van der Waals surface area (Å²) < 4.78 is 5.70. The second-order valence-electron chi connectivity index (χ2n) is 3.75. The van der Waals surface area contributed by atoms with Crippen LogP contribution in [0, 0.1) is 0 Å². The highest BCUT2D eigenvalue weighted by atomic mass is 16.5. The molecule has 0 saturated carbocycles. The molecule has 2 bridgehead atoms. The molecule has 0 amide bonds. The third-order valence-corrected chi connectivity index (χ3v) is 2.84. The summed E-state index contributed by atoms with van der Waals surface area (Å²) in [6, 6.07) is 0.557. The fraction of sp³-hybridized carbons (Fsp3) is 1.00. The minimum atomic E-state index is 0.504. The Hall–Kier alpha value is -0.120. The standard InChI is InChI=1S/C8H16N2O/c1-10(9)6-4-7-2-3-8(5-6)11-7/h6-8H,2-5,9H2,1H3/t6?,7-,8+. The molecule has 11 heavy (non-hydrogen) atoms. The Bertz CT molecular complexity index is 137. The zero-order valence-electron chi connectivity index (χ0n) is 6.99. The Morgan fingerprint density at radius 1 is 1.27 bits per heavy atom. The van der Waals surface area contributed by atoms with Crippen LogP contribution in [0.1, 0.15) is 25.7 Å². The molecule has 0 aromatic rings. The molecule has 64 valence electrons. The van der Waals surface area contributed by atoms with Gasteiger partial charge in [-0.3, -0.25) is 5.84 Å². The Kier molecular flexibility index (Phi) is 1.87. The van der Waals surface area contributed by atoms with Crippen LogP contribution in [0.2, 0.25) is 0 Å². The van der Waals surface area contributed by atoms with Crippen LogP contribution in [-0.4, -0.2) is 30.3 Å². The number of ether oxygens (including phenoxy) is 1. The minimum absolute atomic E-state index is 0.504. The van der Waals surface area contributed by atoms with Crippen molar-refractivity contribution in [2.75, 3.05) is 7.05 Å². The van der Waals surface area contributed by atoms with E-state index in [0.29, 0.717) is 18.2 Å². The zero-order chi connectivity index (χ0) is 7.84. The number of rotatable bonds is 1.